The summed E-state index contributed by atoms with van der Waals surface area (Å²) in [5.41, 5.74) is 1.83. The number of hydrogen-bond acceptors (Lipinski definition) is 4. The molecule has 0 aliphatic heterocycles. The fourth-order valence-corrected chi connectivity index (χ4v) is 1.03. The van der Waals surface area contributed by atoms with E-state index < -0.39 is 13.2 Å². The van der Waals surface area contributed by atoms with Crippen molar-refractivity contribution in [2.24, 2.45) is 0 Å². The number of carbonyl (C=O) groups excluding carboxylic acids is 1. The summed E-state index contributed by atoms with van der Waals surface area (Å²) in [4.78, 5) is 17.3. The molecule has 10 heteroatoms. The molecule has 0 N–H and O–H groups in total. The van der Waals surface area contributed by atoms with E-state index in [1.807, 2.05) is 36.4 Å². The van der Waals surface area contributed by atoms with Crippen LogP contribution in [0, 0.1) is 0 Å². The molecule has 123 valence electrons. The average molecular weight is 366 g/mol. The van der Waals surface area contributed by atoms with Crippen molar-refractivity contribution < 1.29 is 44.2 Å². The minimum atomic E-state index is -6.00. The largest absolute Gasteiger partial charge is 2.00 e. The molecule has 0 saturated heterocycles. The van der Waals surface area contributed by atoms with E-state index in [0.29, 0.717) is 0 Å². The van der Waals surface area contributed by atoms with Gasteiger partial charge in [0.25, 0.3) is 0 Å². The van der Waals surface area contributed by atoms with E-state index in [-0.39, 0.29) is 17.1 Å². The number of carbonyl (C=O) groups is 1. The van der Waals surface area contributed by atoms with Gasteiger partial charge in [-0.05, 0) is 31.2 Å². The molecule has 0 spiro atoms. The molecule has 0 saturated carbocycles. The minimum Gasteiger partial charge on any atom is -0.550 e. The van der Waals surface area contributed by atoms with Crippen LogP contribution in [0.25, 0.3) is 11.4 Å². The standard InChI is InChI=1S/C10H8N2.C2H4O2.BF4.Cu/c1-3-7-11-9(5-1)10-6-2-4-8-12-10;1-2(3)4;2-1(3,4)5;/h1-8H;1H3,(H,3,4);;/q;;-1;+2/p-1. The average Bonchev–Trinajstić information content (AvgIpc) is 2.38. The van der Waals surface area contributed by atoms with Crippen molar-refractivity contribution >= 4 is 13.2 Å². The molecule has 4 nitrogen and oxygen atoms in total. The van der Waals surface area contributed by atoms with Gasteiger partial charge in [-0.3, -0.25) is 9.97 Å². The molecule has 0 bridgehead atoms. The number of aromatic nitrogens is 2. The predicted molar refractivity (Wildman–Crippen MR) is 68.3 cm³/mol. The monoisotopic (exact) mass is 365 g/mol. The number of nitrogens with zero attached hydrogens (tertiary/aromatic N) is 2. The summed E-state index contributed by atoms with van der Waals surface area (Å²) in [5, 5.41) is 8.89. The van der Waals surface area contributed by atoms with E-state index >= 15 is 0 Å². The Kier molecular flexibility index (Phi) is 11.9. The predicted octanol–water partition coefficient (Wildman–Crippen LogP) is 2.20. The van der Waals surface area contributed by atoms with Gasteiger partial charge in [-0.25, -0.2) is 0 Å². The number of halogens is 4. The Hall–Kier alpha value is -1.93. The second-order valence-electron chi connectivity index (χ2n) is 3.42. The van der Waals surface area contributed by atoms with E-state index in [9.17, 15) is 17.3 Å². The van der Waals surface area contributed by atoms with Crippen molar-refractivity contribution in [3.8, 4) is 11.4 Å². The summed E-state index contributed by atoms with van der Waals surface area (Å²) in [6, 6.07) is 11.6. The molecule has 22 heavy (non-hydrogen) atoms. The molecule has 2 heterocycles. The van der Waals surface area contributed by atoms with Gasteiger partial charge in [0.2, 0.25) is 0 Å². The van der Waals surface area contributed by atoms with Crippen LogP contribution < -0.4 is 5.11 Å². The number of rotatable bonds is 1. The zero-order valence-electron chi connectivity index (χ0n) is 11.2. The first kappa shape index (κ1) is 22.4. The van der Waals surface area contributed by atoms with Crippen LogP contribution in [0.4, 0.5) is 17.3 Å². The zero-order chi connectivity index (χ0) is 16.3. The third kappa shape index (κ3) is 16.1. The Labute approximate surface area is 135 Å². The van der Waals surface area contributed by atoms with Gasteiger partial charge in [0, 0.05) is 18.4 Å². The Bertz CT molecular complexity index is 482. The van der Waals surface area contributed by atoms with Crippen LogP contribution in [-0.4, -0.2) is 23.2 Å². The fourth-order valence-electron chi connectivity index (χ4n) is 1.03. The number of pyridine rings is 2. The first-order valence-electron chi connectivity index (χ1n) is 5.57. The molecule has 0 fully saturated rings. The molecule has 0 unspecified atom stereocenters. The van der Waals surface area contributed by atoms with Crippen LogP contribution in [-0.2, 0) is 21.9 Å². The van der Waals surface area contributed by atoms with Gasteiger partial charge in [0.1, 0.15) is 0 Å². The van der Waals surface area contributed by atoms with Gasteiger partial charge in [0.15, 0.2) is 0 Å². The van der Waals surface area contributed by atoms with E-state index in [0.717, 1.165) is 18.3 Å². The van der Waals surface area contributed by atoms with Crippen LogP contribution in [0.15, 0.2) is 48.8 Å². The van der Waals surface area contributed by atoms with Crippen LogP contribution in [0.2, 0.25) is 0 Å². The van der Waals surface area contributed by atoms with Crippen LogP contribution in [0.1, 0.15) is 6.92 Å². The first-order chi connectivity index (χ1) is 9.70. The molecule has 1 radical (unpaired) electrons. The van der Waals surface area contributed by atoms with E-state index in [2.05, 4.69) is 9.97 Å². The summed E-state index contributed by atoms with van der Waals surface area (Å²) < 4.78 is 39.0. The van der Waals surface area contributed by atoms with Gasteiger partial charge in [0.05, 0.1) is 11.4 Å². The maximum Gasteiger partial charge on any atom is 2.00 e. The van der Waals surface area contributed by atoms with Gasteiger partial charge in [-0.2, -0.15) is 0 Å². The van der Waals surface area contributed by atoms with Crippen LogP contribution in [0.3, 0.4) is 0 Å². The summed E-state index contributed by atoms with van der Waals surface area (Å²) in [7, 11) is -6.00. The van der Waals surface area contributed by atoms with Crippen molar-refractivity contribution in [3.63, 3.8) is 0 Å². The SMILES string of the molecule is CC(=O)[O-].F[B-](F)(F)F.[Cu+2].c1ccc(-c2ccccn2)nc1. The molecule has 0 aliphatic rings. The molecule has 0 amide bonds. The first-order valence-corrected chi connectivity index (χ1v) is 5.57. The Balaban J connectivity index is 0. The third-order valence-corrected chi connectivity index (χ3v) is 1.59. The number of hydrogen-bond donors (Lipinski definition) is 0. The molecule has 0 aromatic carbocycles. The van der Waals surface area contributed by atoms with Crippen molar-refractivity contribution in [3.05, 3.63) is 48.8 Å². The van der Waals surface area contributed by atoms with Gasteiger partial charge in [-0.15, -0.1) is 0 Å². The zero-order valence-corrected chi connectivity index (χ0v) is 12.2. The Morgan fingerprint density at radius 1 is 0.955 bits per heavy atom. The smallest absolute Gasteiger partial charge is 0.550 e. The summed E-state index contributed by atoms with van der Waals surface area (Å²) >= 11 is 0. The molecule has 2 aromatic rings. The van der Waals surface area contributed by atoms with E-state index in [1.54, 1.807) is 12.4 Å². The maximum atomic E-state index is 9.75. The maximum absolute atomic E-state index is 9.75. The quantitative estimate of drug-likeness (QED) is 0.574. The summed E-state index contributed by atoms with van der Waals surface area (Å²) in [6.07, 6.45) is 3.54. The number of carboxylic acids is 1. The number of aliphatic carboxylic acids is 1. The molecular formula is C12H11BCuF4N2O2. The van der Waals surface area contributed by atoms with Crippen molar-refractivity contribution in [1.29, 1.82) is 0 Å². The molecule has 2 rings (SSSR count). The van der Waals surface area contributed by atoms with Crippen LogP contribution in [0.5, 0.6) is 0 Å². The Morgan fingerprint density at radius 3 is 1.41 bits per heavy atom. The number of carboxylic acid groups (broad SMARTS) is 1. The molecular weight excluding hydrogens is 354 g/mol. The fraction of sp³-hybridized carbons (Fsp3) is 0.0833. The van der Waals surface area contributed by atoms with Gasteiger partial charge < -0.3 is 27.2 Å². The van der Waals surface area contributed by atoms with E-state index in [4.69, 9.17) is 9.90 Å². The van der Waals surface area contributed by atoms with Crippen molar-refractivity contribution in [2.45, 2.75) is 6.92 Å². The summed E-state index contributed by atoms with van der Waals surface area (Å²) in [6.45, 7) is 0.972. The van der Waals surface area contributed by atoms with Crippen molar-refractivity contribution in [1.82, 2.24) is 9.97 Å². The Morgan fingerprint density at radius 2 is 1.23 bits per heavy atom. The second kappa shape index (κ2) is 11.7. The molecule has 0 aliphatic carbocycles. The van der Waals surface area contributed by atoms with Crippen LogP contribution >= 0.6 is 0 Å². The van der Waals surface area contributed by atoms with E-state index in [1.165, 1.54) is 0 Å². The topological polar surface area (TPSA) is 65.9 Å². The summed E-state index contributed by atoms with van der Waals surface area (Å²) in [5.74, 6) is -1.08. The van der Waals surface area contributed by atoms with Crippen molar-refractivity contribution in [2.75, 3.05) is 0 Å². The van der Waals surface area contributed by atoms with Gasteiger partial charge in [-0.1, -0.05) is 12.1 Å². The molecule has 0 atom stereocenters. The third-order valence-electron chi connectivity index (χ3n) is 1.59. The molecule has 2 aromatic heterocycles. The minimum absolute atomic E-state index is 0. The second-order valence-corrected chi connectivity index (χ2v) is 3.42. The van der Waals surface area contributed by atoms with Gasteiger partial charge >= 0.3 is 24.3 Å². The normalized spacial score (nSPS) is 9.14.